The van der Waals surface area contributed by atoms with Crippen LogP contribution in [0.2, 0.25) is 0 Å². The second-order valence-electron chi connectivity index (χ2n) is 6.32. The molecule has 1 aromatic heterocycles. The summed E-state index contributed by atoms with van der Waals surface area (Å²) in [6.07, 6.45) is 2.31. The van der Waals surface area contributed by atoms with Gasteiger partial charge in [-0.1, -0.05) is 25.1 Å². The Kier molecular flexibility index (Phi) is 5.58. The SMILES string of the molecule is CCC(=O)N1CCC(NC(=NC)NCCc2cc3ccccc3o2)C1. The number of aliphatic imine (C=N–C) groups is 1. The topological polar surface area (TPSA) is 69.9 Å². The van der Waals surface area contributed by atoms with Crippen LogP contribution in [0.5, 0.6) is 0 Å². The molecule has 1 amide bonds. The number of carbonyl (C=O) groups is 1. The fourth-order valence-corrected chi connectivity index (χ4v) is 3.18. The van der Waals surface area contributed by atoms with Crippen LogP contribution in [0.3, 0.4) is 0 Å². The molecule has 0 saturated carbocycles. The second kappa shape index (κ2) is 8.05. The summed E-state index contributed by atoms with van der Waals surface area (Å²) in [7, 11) is 1.76. The fraction of sp³-hybridized carbons (Fsp3) is 0.474. The van der Waals surface area contributed by atoms with Crippen LogP contribution in [0.4, 0.5) is 0 Å². The maximum atomic E-state index is 11.8. The maximum Gasteiger partial charge on any atom is 0.222 e. The number of nitrogens with zero attached hydrogens (tertiary/aromatic N) is 2. The molecule has 2 heterocycles. The quantitative estimate of drug-likeness (QED) is 0.645. The van der Waals surface area contributed by atoms with Gasteiger partial charge in [0, 0.05) is 51.0 Å². The largest absolute Gasteiger partial charge is 0.461 e. The molecule has 1 aromatic carbocycles. The predicted molar refractivity (Wildman–Crippen MR) is 99.7 cm³/mol. The molecule has 1 saturated heterocycles. The van der Waals surface area contributed by atoms with E-state index in [2.05, 4.69) is 27.8 Å². The fourth-order valence-electron chi connectivity index (χ4n) is 3.18. The maximum absolute atomic E-state index is 11.8. The number of carbonyl (C=O) groups excluding carboxylic acids is 1. The summed E-state index contributed by atoms with van der Waals surface area (Å²) in [5, 5.41) is 7.86. The first-order valence-electron chi connectivity index (χ1n) is 8.92. The molecule has 3 rings (SSSR count). The molecule has 134 valence electrons. The Hall–Kier alpha value is -2.50. The molecule has 6 nitrogen and oxygen atoms in total. The predicted octanol–water partition coefficient (Wildman–Crippen LogP) is 2.15. The van der Waals surface area contributed by atoms with E-state index < -0.39 is 0 Å². The van der Waals surface area contributed by atoms with Gasteiger partial charge in [-0.3, -0.25) is 9.79 Å². The first kappa shape index (κ1) is 17.3. The minimum atomic E-state index is 0.220. The Balaban J connectivity index is 1.46. The summed E-state index contributed by atoms with van der Waals surface area (Å²) in [5.74, 6) is 1.95. The molecule has 1 unspecified atom stereocenters. The van der Waals surface area contributed by atoms with Crippen molar-refractivity contribution in [2.45, 2.75) is 32.2 Å². The number of furan rings is 1. The Labute approximate surface area is 148 Å². The van der Waals surface area contributed by atoms with Crippen LogP contribution < -0.4 is 10.6 Å². The number of fused-ring (bicyclic) bond motifs is 1. The van der Waals surface area contributed by atoms with E-state index in [1.54, 1.807) is 7.05 Å². The highest BCUT2D eigenvalue weighted by molar-refractivity contribution is 5.81. The molecule has 0 radical (unpaired) electrons. The van der Waals surface area contributed by atoms with Crippen molar-refractivity contribution in [2.24, 2.45) is 4.99 Å². The third-order valence-electron chi connectivity index (χ3n) is 4.55. The Morgan fingerprint density at radius 3 is 3.00 bits per heavy atom. The number of amides is 1. The minimum absolute atomic E-state index is 0.220. The standard InChI is InChI=1S/C19H26N4O2/c1-3-18(24)23-11-9-15(13-23)22-19(20-2)21-10-8-16-12-14-6-4-5-7-17(14)25-16/h4-7,12,15H,3,8-11,13H2,1-2H3,(H2,20,21,22). The number of guanidine groups is 1. The summed E-state index contributed by atoms with van der Waals surface area (Å²) in [6.45, 7) is 4.21. The van der Waals surface area contributed by atoms with E-state index in [0.29, 0.717) is 6.42 Å². The van der Waals surface area contributed by atoms with Gasteiger partial charge >= 0.3 is 0 Å². The third-order valence-corrected chi connectivity index (χ3v) is 4.55. The van der Waals surface area contributed by atoms with Gasteiger partial charge in [-0.25, -0.2) is 0 Å². The molecule has 2 aromatic rings. The summed E-state index contributed by atoms with van der Waals surface area (Å²) < 4.78 is 5.83. The minimum Gasteiger partial charge on any atom is -0.461 e. The van der Waals surface area contributed by atoms with E-state index in [-0.39, 0.29) is 11.9 Å². The summed E-state index contributed by atoms with van der Waals surface area (Å²) >= 11 is 0. The lowest BCUT2D eigenvalue weighted by Crippen LogP contribution is -2.45. The molecule has 0 bridgehead atoms. The zero-order chi connectivity index (χ0) is 17.6. The van der Waals surface area contributed by atoms with Gasteiger partial charge in [0.15, 0.2) is 5.96 Å². The first-order chi connectivity index (χ1) is 12.2. The van der Waals surface area contributed by atoms with E-state index in [4.69, 9.17) is 4.42 Å². The van der Waals surface area contributed by atoms with Crippen molar-refractivity contribution in [3.8, 4) is 0 Å². The summed E-state index contributed by atoms with van der Waals surface area (Å²) in [6, 6.07) is 10.4. The van der Waals surface area contributed by atoms with Gasteiger partial charge in [0.1, 0.15) is 11.3 Å². The lowest BCUT2D eigenvalue weighted by molar-refractivity contribution is -0.129. The van der Waals surface area contributed by atoms with E-state index in [0.717, 1.165) is 55.2 Å². The average Bonchev–Trinajstić information content (AvgIpc) is 3.26. The van der Waals surface area contributed by atoms with Crippen molar-refractivity contribution in [1.29, 1.82) is 0 Å². The average molecular weight is 342 g/mol. The van der Waals surface area contributed by atoms with Crippen molar-refractivity contribution in [3.63, 3.8) is 0 Å². The Morgan fingerprint density at radius 1 is 1.40 bits per heavy atom. The van der Waals surface area contributed by atoms with Gasteiger partial charge in [0.25, 0.3) is 0 Å². The number of hydrogen-bond acceptors (Lipinski definition) is 3. The molecule has 1 fully saturated rings. The van der Waals surface area contributed by atoms with E-state index in [9.17, 15) is 4.79 Å². The summed E-state index contributed by atoms with van der Waals surface area (Å²) in [5.41, 5.74) is 0.923. The highest BCUT2D eigenvalue weighted by Gasteiger charge is 2.25. The number of nitrogens with one attached hydrogen (secondary N) is 2. The summed E-state index contributed by atoms with van der Waals surface area (Å²) in [4.78, 5) is 18.0. The molecule has 0 spiro atoms. The smallest absolute Gasteiger partial charge is 0.222 e. The third kappa shape index (κ3) is 4.32. The second-order valence-corrected chi connectivity index (χ2v) is 6.32. The van der Waals surface area contributed by atoms with E-state index in [1.807, 2.05) is 30.0 Å². The van der Waals surface area contributed by atoms with E-state index >= 15 is 0 Å². The zero-order valence-corrected chi connectivity index (χ0v) is 14.9. The van der Waals surface area contributed by atoms with E-state index in [1.165, 1.54) is 0 Å². The first-order valence-corrected chi connectivity index (χ1v) is 8.92. The van der Waals surface area contributed by atoms with Crippen molar-refractivity contribution in [2.75, 3.05) is 26.7 Å². The molecule has 6 heteroatoms. The lowest BCUT2D eigenvalue weighted by Gasteiger charge is -2.18. The van der Waals surface area contributed by atoms with Crippen LogP contribution in [0.25, 0.3) is 11.0 Å². The molecule has 2 N–H and O–H groups in total. The van der Waals surface area contributed by atoms with Gasteiger partial charge in [0.05, 0.1) is 0 Å². The Morgan fingerprint density at radius 2 is 2.24 bits per heavy atom. The number of rotatable bonds is 5. The number of likely N-dealkylation sites (tertiary alicyclic amines) is 1. The highest BCUT2D eigenvalue weighted by atomic mass is 16.3. The molecule has 1 aliphatic rings. The molecule has 1 atom stereocenters. The van der Waals surface area contributed by atoms with Crippen LogP contribution in [0.1, 0.15) is 25.5 Å². The van der Waals surface area contributed by atoms with Crippen molar-refractivity contribution < 1.29 is 9.21 Å². The zero-order valence-electron chi connectivity index (χ0n) is 14.9. The van der Waals surface area contributed by atoms with Crippen LogP contribution in [-0.2, 0) is 11.2 Å². The number of benzene rings is 1. The van der Waals surface area contributed by atoms with Crippen LogP contribution in [0.15, 0.2) is 39.7 Å². The molecule has 25 heavy (non-hydrogen) atoms. The van der Waals surface area contributed by atoms with Gasteiger partial charge in [-0.05, 0) is 18.6 Å². The van der Waals surface area contributed by atoms with Crippen LogP contribution >= 0.6 is 0 Å². The van der Waals surface area contributed by atoms with Crippen LogP contribution in [0, 0.1) is 0 Å². The number of hydrogen-bond donors (Lipinski definition) is 2. The van der Waals surface area contributed by atoms with Gasteiger partial charge < -0.3 is 20.0 Å². The monoisotopic (exact) mass is 342 g/mol. The Bertz CT molecular complexity index is 720. The van der Waals surface area contributed by atoms with Crippen molar-refractivity contribution >= 4 is 22.8 Å². The molecular weight excluding hydrogens is 316 g/mol. The van der Waals surface area contributed by atoms with Gasteiger partial charge in [-0.15, -0.1) is 0 Å². The van der Waals surface area contributed by atoms with Gasteiger partial charge in [-0.2, -0.15) is 0 Å². The normalized spacial score (nSPS) is 17.9. The van der Waals surface area contributed by atoms with Crippen molar-refractivity contribution in [1.82, 2.24) is 15.5 Å². The van der Waals surface area contributed by atoms with Crippen LogP contribution in [-0.4, -0.2) is 49.5 Å². The highest BCUT2D eigenvalue weighted by Crippen LogP contribution is 2.18. The molecular formula is C19H26N4O2. The lowest BCUT2D eigenvalue weighted by atomic mass is 10.2. The number of para-hydroxylation sites is 1. The van der Waals surface area contributed by atoms with Gasteiger partial charge in [0.2, 0.25) is 5.91 Å². The molecule has 1 aliphatic heterocycles. The molecule has 0 aliphatic carbocycles. The van der Waals surface area contributed by atoms with Crippen molar-refractivity contribution in [3.05, 3.63) is 36.1 Å².